The predicted molar refractivity (Wildman–Crippen MR) is 115 cm³/mol. The number of nitrogen functional groups attached to an aromatic ring is 1. The topological polar surface area (TPSA) is 152 Å². The molecule has 0 bridgehead atoms. The lowest BCUT2D eigenvalue weighted by Gasteiger charge is -2.23. The summed E-state index contributed by atoms with van der Waals surface area (Å²) in [5.41, 5.74) is 6.92. The summed E-state index contributed by atoms with van der Waals surface area (Å²) in [6.07, 6.45) is -2.34. The molecule has 3 heterocycles. The molecule has 4 rings (SSSR count). The molecule has 6 N–H and O–H groups in total. The number of nitrogens with one attached hydrogen (secondary N) is 1. The number of rotatable bonds is 6. The van der Waals surface area contributed by atoms with Crippen LogP contribution in [0.2, 0.25) is 13.1 Å². The van der Waals surface area contributed by atoms with E-state index >= 15 is 0 Å². The highest BCUT2D eigenvalue weighted by Crippen LogP contribution is 2.34. The van der Waals surface area contributed by atoms with Crippen molar-refractivity contribution in [2.24, 2.45) is 0 Å². The van der Waals surface area contributed by atoms with Crippen LogP contribution in [0, 0.1) is 0 Å². The van der Waals surface area contributed by atoms with Crippen LogP contribution in [-0.4, -0.2) is 74.0 Å². The Bertz CT molecular complexity index is 1030. The van der Waals surface area contributed by atoms with Crippen molar-refractivity contribution in [3.05, 3.63) is 36.7 Å². The first kappa shape index (κ1) is 20.7. The van der Waals surface area contributed by atoms with Crippen molar-refractivity contribution in [3.8, 4) is 0 Å². The molecule has 30 heavy (non-hydrogen) atoms. The Morgan fingerprint density at radius 3 is 2.57 bits per heavy atom. The SMILES string of the molecule is C[Si](C)(CNc1ncnc2c1nc(N)n2[C@H]1O[C@@H](CO)[C@H](O)[C@@H]1O)c1ccccc1. The van der Waals surface area contributed by atoms with Crippen LogP contribution in [0.5, 0.6) is 0 Å². The summed E-state index contributed by atoms with van der Waals surface area (Å²) in [6, 6.07) is 10.4. The van der Waals surface area contributed by atoms with E-state index in [1.165, 1.54) is 16.1 Å². The fourth-order valence-corrected chi connectivity index (χ4v) is 5.60. The van der Waals surface area contributed by atoms with Gasteiger partial charge in [-0.1, -0.05) is 48.6 Å². The summed E-state index contributed by atoms with van der Waals surface area (Å²) in [7, 11) is -1.78. The first-order chi connectivity index (χ1) is 14.3. The molecule has 4 atom stereocenters. The normalized spacial score (nSPS) is 24.4. The highest BCUT2D eigenvalue weighted by Gasteiger charge is 2.44. The number of aliphatic hydroxyl groups is 3. The second kappa shape index (κ2) is 7.93. The van der Waals surface area contributed by atoms with Gasteiger partial charge in [-0.15, -0.1) is 0 Å². The molecule has 160 valence electrons. The van der Waals surface area contributed by atoms with E-state index in [-0.39, 0.29) is 5.95 Å². The number of hydrogen-bond acceptors (Lipinski definition) is 9. The summed E-state index contributed by atoms with van der Waals surface area (Å²) in [4.78, 5) is 13.0. The average Bonchev–Trinajstić information content (AvgIpc) is 3.23. The first-order valence-electron chi connectivity index (χ1n) is 9.73. The fraction of sp³-hybridized carbons (Fsp3) is 0.421. The molecule has 11 heteroatoms. The third-order valence-corrected chi connectivity index (χ3v) is 8.49. The van der Waals surface area contributed by atoms with Gasteiger partial charge in [0, 0.05) is 6.17 Å². The number of benzene rings is 1. The Morgan fingerprint density at radius 1 is 1.17 bits per heavy atom. The molecule has 3 aromatic rings. The van der Waals surface area contributed by atoms with E-state index in [1.54, 1.807) is 0 Å². The molecule has 0 aliphatic carbocycles. The van der Waals surface area contributed by atoms with Gasteiger partial charge in [0.05, 0.1) is 6.61 Å². The van der Waals surface area contributed by atoms with Crippen molar-refractivity contribution in [1.82, 2.24) is 19.5 Å². The quantitative estimate of drug-likeness (QED) is 0.329. The molecule has 2 aromatic heterocycles. The van der Waals surface area contributed by atoms with Gasteiger partial charge in [-0.3, -0.25) is 4.57 Å². The molecule has 10 nitrogen and oxygen atoms in total. The molecule has 1 saturated heterocycles. The number of aliphatic hydroxyl groups excluding tert-OH is 3. The van der Waals surface area contributed by atoms with Gasteiger partial charge in [-0.2, -0.15) is 0 Å². The second-order valence-electron chi connectivity index (χ2n) is 8.07. The van der Waals surface area contributed by atoms with Gasteiger partial charge < -0.3 is 31.1 Å². The number of ether oxygens (including phenoxy) is 1. The molecule has 0 unspecified atom stereocenters. The highest BCUT2D eigenvalue weighted by molar-refractivity contribution is 6.90. The van der Waals surface area contributed by atoms with Gasteiger partial charge in [0.25, 0.3) is 0 Å². The van der Waals surface area contributed by atoms with Crippen LogP contribution in [0.4, 0.5) is 11.8 Å². The Labute approximate surface area is 174 Å². The van der Waals surface area contributed by atoms with Crippen molar-refractivity contribution in [3.63, 3.8) is 0 Å². The van der Waals surface area contributed by atoms with E-state index < -0.39 is 39.2 Å². The van der Waals surface area contributed by atoms with Gasteiger partial charge in [0.1, 0.15) is 32.7 Å². The van der Waals surface area contributed by atoms with Crippen LogP contribution in [0.25, 0.3) is 11.2 Å². The lowest BCUT2D eigenvalue weighted by molar-refractivity contribution is -0.0500. The zero-order valence-corrected chi connectivity index (χ0v) is 17.8. The Morgan fingerprint density at radius 2 is 1.90 bits per heavy atom. The van der Waals surface area contributed by atoms with E-state index in [2.05, 4.69) is 45.5 Å². The van der Waals surface area contributed by atoms with E-state index in [4.69, 9.17) is 10.5 Å². The van der Waals surface area contributed by atoms with E-state index in [0.29, 0.717) is 17.0 Å². The molecule has 0 spiro atoms. The van der Waals surface area contributed by atoms with Gasteiger partial charge in [-0.25, -0.2) is 15.0 Å². The minimum Gasteiger partial charge on any atom is -0.394 e. The van der Waals surface area contributed by atoms with Gasteiger partial charge >= 0.3 is 0 Å². The lowest BCUT2D eigenvalue weighted by atomic mass is 10.1. The zero-order chi connectivity index (χ0) is 21.5. The molecule has 0 amide bonds. The number of aromatic nitrogens is 4. The van der Waals surface area contributed by atoms with Crippen LogP contribution >= 0.6 is 0 Å². The standard InChI is InChI=1S/C19H26N6O4Si/c1-30(2,11-6-4-3-5-7-11)10-23-16-13-17(22-9-21-16)25(19(20)24-13)18-15(28)14(27)12(8-26)29-18/h3-7,9,12,14-15,18,26-28H,8,10H2,1-2H3,(H2,20,24)(H,21,22,23)/t12-,14-,15-,18-/m0/s1. The third kappa shape index (κ3) is 3.54. The largest absolute Gasteiger partial charge is 0.394 e. The number of fused-ring (bicyclic) bond motifs is 1. The summed E-state index contributed by atoms with van der Waals surface area (Å²) in [5.74, 6) is 0.608. The third-order valence-electron chi connectivity index (χ3n) is 5.53. The predicted octanol–water partition coefficient (Wildman–Crippen LogP) is -0.413. The van der Waals surface area contributed by atoms with E-state index in [1.807, 2.05) is 18.2 Å². The van der Waals surface area contributed by atoms with Crippen LogP contribution in [0.1, 0.15) is 6.23 Å². The zero-order valence-electron chi connectivity index (χ0n) is 16.8. The van der Waals surface area contributed by atoms with Crippen molar-refractivity contribution in [2.45, 2.75) is 37.6 Å². The van der Waals surface area contributed by atoms with Crippen LogP contribution in [-0.2, 0) is 4.74 Å². The number of anilines is 2. The Balaban J connectivity index is 1.64. The number of hydrogen-bond donors (Lipinski definition) is 5. The summed E-state index contributed by atoms with van der Waals surface area (Å²) in [6.45, 7) is 4.10. The lowest BCUT2D eigenvalue weighted by Crippen LogP contribution is -2.48. The minimum absolute atomic E-state index is 0.0722. The molecule has 1 fully saturated rings. The van der Waals surface area contributed by atoms with E-state index in [0.717, 1.165) is 6.17 Å². The van der Waals surface area contributed by atoms with Crippen molar-refractivity contribution >= 4 is 36.2 Å². The van der Waals surface area contributed by atoms with Crippen molar-refractivity contribution in [1.29, 1.82) is 0 Å². The van der Waals surface area contributed by atoms with Crippen LogP contribution in [0.3, 0.4) is 0 Å². The summed E-state index contributed by atoms with van der Waals surface area (Å²) < 4.78 is 7.02. The summed E-state index contributed by atoms with van der Waals surface area (Å²) >= 11 is 0. The maximum Gasteiger partial charge on any atom is 0.204 e. The smallest absolute Gasteiger partial charge is 0.204 e. The average molecular weight is 431 g/mol. The van der Waals surface area contributed by atoms with Crippen LogP contribution < -0.4 is 16.2 Å². The molecular formula is C19H26N6O4Si. The number of nitrogens with zero attached hydrogens (tertiary/aromatic N) is 4. The second-order valence-corrected chi connectivity index (χ2v) is 12.8. The number of nitrogens with two attached hydrogens (primary N) is 1. The maximum atomic E-state index is 10.4. The van der Waals surface area contributed by atoms with Gasteiger partial charge in [0.2, 0.25) is 5.95 Å². The van der Waals surface area contributed by atoms with Gasteiger partial charge in [0.15, 0.2) is 23.2 Å². The van der Waals surface area contributed by atoms with Crippen molar-refractivity contribution < 1.29 is 20.1 Å². The monoisotopic (exact) mass is 430 g/mol. The first-order valence-corrected chi connectivity index (χ1v) is 12.9. The number of imidazole rings is 1. The van der Waals surface area contributed by atoms with E-state index in [9.17, 15) is 15.3 Å². The Hall–Kier alpha value is -2.57. The maximum absolute atomic E-state index is 10.4. The highest BCUT2D eigenvalue weighted by atomic mass is 28.3. The molecule has 1 aliphatic rings. The molecule has 0 radical (unpaired) electrons. The summed E-state index contributed by atoms with van der Waals surface area (Å²) in [5, 5.41) is 34.5. The fourth-order valence-electron chi connectivity index (χ4n) is 3.70. The van der Waals surface area contributed by atoms with Crippen molar-refractivity contribution in [2.75, 3.05) is 23.8 Å². The molecule has 0 saturated carbocycles. The Kier molecular flexibility index (Phi) is 5.47. The molecular weight excluding hydrogens is 404 g/mol. The minimum atomic E-state index is -1.78. The molecule has 1 aromatic carbocycles. The molecule has 1 aliphatic heterocycles. The van der Waals surface area contributed by atoms with Gasteiger partial charge in [-0.05, 0) is 0 Å². The van der Waals surface area contributed by atoms with Crippen LogP contribution in [0.15, 0.2) is 36.7 Å².